The van der Waals surface area contributed by atoms with Gasteiger partial charge in [0, 0.05) is 12.6 Å². The van der Waals surface area contributed by atoms with Crippen molar-refractivity contribution in [3.8, 4) is 17.2 Å². The molecule has 3 rings (SSSR count). The van der Waals surface area contributed by atoms with Crippen molar-refractivity contribution in [2.45, 2.75) is 6.04 Å². The number of rotatable bonds is 9. The third kappa shape index (κ3) is 5.32. The molecule has 2 aromatic carbocycles. The predicted molar refractivity (Wildman–Crippen MR) is 128 cm³/mol. The predicted octanol–water partition coefficient (Wildman–Crippen LogP) is 3.35. The molecule has 0 bridgehead atoms. The van der Waals surface area contributed by atoms with Crippen LogP contribution in [0.5, 0.6) is 17.2 Å². The molecule has 0 aromatic heterocycles. The quantitative estimate of drug-likeness (QED) is 0.544. The Balaban J connectivity index is 1.93. The van der Waals surface area contributed by atoms with Crippen molar-refractivity contribution in [1.29, 1.82) is 0 Å². The molecule has 1 aliphatic heterocycles. The van der Waals surface area contributed by atoms with Crippen LogP contribution < -0.4 is 19.5 Å². The normalized spacial score (nSPS) is 14.8. The van der Waals surface area contributed by atoms with Gasteiger partial charge in [-0.05, 0) is 29.3 Å². The monoisotopic (exact) mass is 468 g/mol. The maximum Gasteiger partial charge on any atom is 0.411 e. The van der Waals surface area contributed by atoms with Gasteiger partial charge in [0.05, 0.1) is 45.2 Å². The molecule has 2 aromatic rings. The summed E-state index contributed by atoms with van der Waals surface area (Å²) in [6.45, 7) is 3.53. The number of aliphatic hydroxyl groups is 1. The number of nitrogens with one attached hydrogen (secondary N) is 1. The second-order valence-corrected chi connectivity index (χ2v) is 7.37. The number of carbonyl (C=O) groups is 2. The minimum atomic E-state index is -0.752. The van der Waals surface area contributed by atoms with Gasteiger partial charge in [0.2, 0.25) is 0 Å². The summed E-state index contributed by atoms with van der Waals surface area (Å²) in [4.78, 5) is 27.4. The summed E-state index contributed by atoms with van der Waals surface area (Å²) in [5.74, 6) is 0.964. The van der Waals surface area contributed by atoms with E-state index in [0.717, 1.165) is 16.9 Å². The van der Waals surface area contributed by atoms with Crippen LogP contribution in [0.15, 0.2) is 55.1 Å². The Kier molecular flexibility index (Phi) is 8.15. The number of carbonyl (C=O) groups excluding carboxylic acids is 2. The maximum absolute atomic E-state index is 13.6. The van der Waals surface area contributed by atoms with Crippen LogP contribution in [-0.4, -0.2) is 69.1 Å². The van der Waals surface area contributed by atoms with Crippen molar-refractivity contribution in [1.82, 2.24) is 4.90 Å². The van der Waals surface area contributed by atoms with Crippen molar-refractivity contribution in [3.05, 3.63) is 66.3 Å². The van der Waals surface area contributed by atoms with Gasteiger partial charge in [-0.1, -0.05) is 30.9 Å². The van der Waals surface area contributed by atoms with E-state index >= 15 is 0 Å². The Bertz CT molecular complexity index is 1080. The molecule has 1 atom stereocenters. The molecular formula is C25H28N2O7. The van der Waals surface area contributed by atoms with Gasteiger partial charge in [0.25, 0.3) is 5.91 Å². The lowest BCUT2D eigenvalue weighted by Gasteiger charge is -2.25. The number of ether oxygens (including phenoxy) is 4. The molecule has 9 nitrogen and oxygen atoms in total. The number of nitrogens with zero attached hydrogens (tertiary/aromatic N) is 1. The highest BCUT2D eigenvalue weighted by atomic mass is 16.5. The molecule has 1 heterocycles. The van der Waals surface area contributed by atoms with E-state index in [-0.39, 0.29) is 31.0 Å². The fourth-order valence-electron chi connectivity index (χ4n) is 3.64. The molecule has 0 spiro atoms. The van der Waals surface area contributed by atoms with Crippen LogP contribution in [0.2, 0.25) is 0 Å². The molecule has 0 aliphatic carbocycles. The minimum absolute atomic E-state index is 0.0102. The first-order valence-electron chi connectivity index (χ1n) is 10.5. The van der Waals surface area contributed by atoms with Crippen LogP contribution in [0.25, 0.3) is 5.57 Å². The van der Waals surface area contributed by atoms with Crippen molar-refractivity contribution in [3.63, 3.8) is 0 Å². The third-order valence-electron chi connectivity index (χ3n) is 5.37. The van der Waals surface area contributed by atoms with E-state index in [1.165, 1.54) is 37.3 Å². The lowest BCUT2D eigenvalue weighted by atomic mass is 10.1. The SMILES string of the molecule is C=CCOC(=O)Nc1cc(OC)c(OC)cc1C(=O)N1CC(c2ccc(OC)cc2)=C[C@H]1CO. The summed E-state index contributed by atoms with van der Waals surface area (Å²) in [5, 5.41) is 12.6. The summed E-state index contributed by atoms with van der Waals surface area (Å²) in [6, 6.07) is 9.89. The molecule has 0 saturated carbocycles. The van der Waals surface area contributed by atoms with E-state index in [0.29, 0.717) is 11.5 Å². The second kappa shape index (κ2) is 11.2. The highest BCUT2D eigenvalue weighted by Crippen LogP contribution is 2.36. The van der Waals surface area contributed by atoms with E-state index in [1.54, 1.807) is 7.11 Å². The third-order valence-corrected chi connectivity index (χ3v) is 5.37. The Morgan fingerprint density at radius 3 is 2.38 bits per heavy atom. The second-order valence-electron chi connectivity index (χ2n) is 7.37. The van der Waals surface area contributed by atoms with E-state index in [9.17, 15) is 14.7 Å². The molecule has 180 valence electrons. The smallest absolute Gasteiger partial charge is 0.411 e. The number of methoxy groups -OCH3 is 3. The van der Waals surface area contributed by atoms with Gasteiger partial charge < -0.3 is 29.0 Å². The first kappa shape index (κ1) is 24.7. The Morgan fingerprint density at radius 2 is 1.79 bits per heavy atom. The molecule has 9 heteroatoms. The number of hydrogen-bond donors (Lipinski definition) is 2. The zero-order valence-corrected chi connectivity index (χ0v) is 19.4. The summed E-state index contributed by atoms with van der Waals surface area (Å²) in [7, 11) is 4.49. The summed E-state index contributed by atoms with van der Waals surface area (Å²) >= 11 is 0. The van der Waals surface area contributed by atoms with E-state index in [4.69, 9.17) is 18.9 Å². The standard InChI is InChI=1S/C25H28N2O7/c1-5-10-34-25(30)26-21-13-23(33-4)22(32-3)12-20(21)24(29)27-14-17(11-18(27)15-28)16-6-8-19(31-2)9-7-16/h5-9,11-13,18,28H,1,10,14-15H2,2-4H3,(H,26,30)/t18-/m0/s1. The van der Waals surface area contributed by atoms with Crippen molar-refractivity contribution in [2.75, 3.05) is 46.4 Å². The Hall–Kier alpha value is -3.98. The first-order chi connectivity index (χ1) is 16.4. The van der Waals surface area contributed by atoms with E-state index < -0.39 is 18.0 Å². The van der Waals surface area contributed by atoms with Gasteiger partial charge in [-0.15, -0.1) is 0 Å². The molecule has 34 heavy (non-hydrogen) atoms. The lowest BCUT2D eigenvalue weighted by Crippen LogP contribution is -2.38. The summed E-state index contributed by atoms with van der Waals surface area (Å²) < 4.78 is 20.9. The van der Waals surface area contributed by atoms with Crippen LogP contribution in [-0.2, 0) is 4.74 Å². The van der Waals surface area contributed by atoms with E-state index in [1.807, 2.05) is 30.3 Å². The zero-order valence-electron chi connectivity index (χ0n) is 19.4. The van der Waals surface area contributed by atoms with Crippen LogP contribution in [0.4, 0.5) is 10.5 Å². The van der Waals surface area contributed by atoms with Crippen molar-refractivity contribution in [2.24, 2.45) is 0 Å². The first-order valence-corrected chi connectivity index (χ1v) is 10.5. The van der Waals surface area contributed by atoms with Gasteiger partial charge in [-0.2, -0.15) is 0 Å². The number of anilines is 1. The topological polar surface area (TPSA) is 107 Å². The largest absolute Gasteiger partial charge is 0.497 e. The zero-order chi connectivity index (χ0) is 24.7. The highest BCUT2D eigenvalue weighted by Gasteiger charge is 2.32. The van der Waals surface area contributed by atoms with Gasteiger partial charge in [-0.25, -0.2) is 4.79 Å². The van der Waals surface area contributed by atoms with E-state index in [2.05, 4.69) is 11.9 Å². The molecule has 0 radical (unpaired) electrons. The van der Waals surface area contributed by atoms with Gasteiger partial charge in [-0.3, -0.25) is 10.1 Å². The molecule has 0 unspecified atom stereocenters. The van der Waals surface area contributed by atoms with Gasteiger partial charge in [0.15, 0.2) is 11.5 Å². The fourth-order valence-corrected chi connectivity index (χ4v) is 3.64. The summed E-state index contributed by atoms with van der Waals surface area (Å²) in [6.07, 6.45) is 2.53. The molecule has 0 saturated heterocycles. The average Bonchev–Trinajstić information content (AvgIpc) is 3.31. The van der Waals surface area contributed by atoms with Crippen LogP contribution in [0, 0.1) is 0 Å². The number of amides is 2. The van der Waals surface area contributed by atoms with Crippen molar-refractivity contribution >= 4 is 23.3 Å². The van der Waals surface area contributed by atoms with Gasteiger partial charge >= 0.3 is 6.09 Å². The molecular weight excluding hydrogens is 440 g/mol. The maximum atomic E-state index is 13.6. The summed E-state index contributed by atoms with van der Waals surface area (Å²) in [5.41, 5.74) is 2.14. The molecule has 2 N–H and O–H groups in total. The average molecular weight is 469 g/mol. The number of hydrogen-bond acceptors (Lipinski definition) is 7. The molecule has 0 fully saturated rings. The Morgan fingerprint density at radius 1 is 1.12 bits per heavy atom. The molecule has 1 aliphatic rings. The molecule has 2 amide bonds. The van der Waals surface area contributed by atoms with Crippen LogP contribution in [0.1, 0.15) is 15.9 Å². The van der Waals surface area contributed by atoms with Crippen LogP contribution >= 0.6 is 0 Å². The van der Waals surface area contributed by atoms with Gasteiger partial charge in [0.1, 0.15) is 12.4 Å². The number of benzene rings is 2. The minimum Gasteiger partial charge on any atom is -0.497 e. The van der Waals surface area contributed by atoms with Crippen molar-refractivity contribution < 1.29 is 33.6 Å². The van der Waals surface area contributed by atoms with Crippen LogP contribution in [0.3, 0.4) is 0 Å². The lowest BCUT2D eigenvalue weighted by molar-refractivity contribution is 0.0703. The highest BCUT2D eigenvalue weighted by molar-refractivity contribution is 6.04. The Labute approximate surface area is 198 Å². The number of aliphatic hydroxyl groups excluding tert-OH is 1. The fraction of sp³-hybridized carbons (Fsp3) is 0.280.